The van der Waals surface area contributed by atoms with Gasteiger partial charge in [-0.25, -0.2) is 4.79 Å². The number of carboxylic acids is 1. The number of ether oxygens (including phenoxy) is 1. The first kappa shape index (κ1) is 15.4. The van der Waals surface area contributed by atoms with Gasteiger partial charge in [0, 0.05) is 11.5 Å². The summed E-state index contributed by atoms with van der Waals surface area (Å²) >= 11 is 0. The molecule has 0 fully saturated rings. The fourth-order valence-corrected chi connectivity index (χ4v) is 2.50. The van der Waals surface area contributed by atoms with Gasteiger partial charge in [0.25, 0.3) is 5.91 Å². The van der Waals surface area contributed by atoms with E-state index in [1.165, 1.54) is 0 Å². The van der Waals surface area contributed by atoms with E-state index < -0.39 is 17.9 Å². The van der Waals surface area contributed by atoms with Crippen LogP contribution in [0.4, 0.5) is 0 Å². The van der Waals surface area contributed by atoms with Crippen LogP contribution < -0.4 is 10.1 Å². The zero-order valence-corrected chi connectivity index (χ0v) is 12.7. The second-order valence-corrected chi connectivity index (χ2v) is 5.87. The zero-order chi connectivity index (χ0) is 15.7. The van der Waals surface area contributed by atoms with Crippen molar-refractivity contribution in [3.63, 3.8) is 0 Å². The van der Waals surface area contributed by atoms with E-state index in [0.29, 0.717) is 11.3 Å². The molecule has 0 bridgehead atoms. The Morgan fingerprint density at radius 2 is 1.95 bits per heavy atom. The summed E-state index contributed by atoms with van der Waals surface area (Å²) in [5, 5.41) is 11.7. The van der Waals surface area contributed by atoms with Crippen LogP contribution in [0.2, 0.25) is 0 Å². The number of carboxylic acid groups (broad SMARTS) is 1. The van der Waals surface area contributed by atoms with E-state index in [2.05, 4.69) is 5.32 Å². The summed E-state index contributed by atoms with van der Waals surface area (Å²) in [7, 11) is 0. The largest absolute Gasteiger partial charge is 0.489 e. The quantitative estimate of drug-likeness (QED) is 0.893. The molecule has 2 unspecified atom stereocenters. The number of amides is 1. The normalized spacial score (nSPS) is 21.6. The lowest BCUT2D eigenvalue weighted by Gasteiger charge is -2.18. The molecule has 1 amide bonds. The van der Waals surface area contributed by atoms with Gasteiger partial charge < -0.3 is 15.2 Å². The Bertz CT molecular complexity index is 567. The SMILES string of the molecule is CC1Oc2c(C(=O)N[C@H](C(=O)O)C(C)C)cccc2C1C. The zero-order valence-electron chi connectivity index (χ0n) is 12.7. The Labute approximate surface area is 124 Å². The van der Waals surface area contributed by atoms with E-state index in [1.807, 2.05) is 19.9 Å². The molecule has 3 atom stereocenters. The molecule has 0 radical (unpaired) electrons. The number of carbonyl (C=O) groups is 2. The van der Waals surface area contributed by atoms with E-state index in [1.54, 1.807) is 26.0 Å². The third kappa shape index (κ3) is 2.86. The van der Waals surface area contributed by atoms with Crippen LogP contribution in [0.3, 0.4) is 0 Å². The van der Waals surface area contributed by atoms with Gasteiger partial charge in [0.2, 0.25) is 0 Å². The lowest BCUT2D eigenvalue weighted by Crippen LogP contribution is -2.44. The van der Waals surface area contributed by atoms with Crippen LogP contribution in [0.1, 0.15) is 49.5 Å². The Morgan fingerprint density at radius 3 is 2.52 bits per heavy atom. The highest BCUT2D eigenvalue weighted by molar-refractivity contribution is 5.99. The van der Waals surface area contributed by atoms with Gasteiger partial charge in [-0.1, -0.05) is 32.9 Å². The Balaban J connectivity index is 2.28. The monoisotopic (exact) mass is 291 g/mol. The van der Waals surface area contributed by atoms with Gasteiger partial charge in [-0.3, -0.25) is 4.79 Å². The van der Waals surface area contributed by atoms with Crippen molar-refractivity contribution >= 4 is 11.9 Å². The molecule has 2 rings (SSSR count). The summed E-state index contributed by atoms with van der Waals surface area (Å²) in [5.41, 5.74) is 1.39. The first-order valence-electron chi connectivity index (χ1n) is 7.16. The first-order chi connectivity index (χ1) is 9.82. The summed E-state index contributed by atoms with van der Waals surface area (Å²) in [4.78, 5) is 23.6. The van der Waals surface area contributed by atoms with Gasteiger partial charge in [0.15, 0.2) is 0 Å². The fraction of sp³-hybridized carbons (Fsp3) is 0.500. The van der Waals surface area contributed by atoms with Gasteiger partial charge in [0.05, 0.1) is 5.56 Å². The van der Waals surface area contributed by atoms with Crippen LogP contribution >= 0.6 is 0 Å². The van der Waals surface area contributed by atoms with Crippen LogP contribution in [0.5, 0.6) is 5.75 Å². The maximum Gasteiger partial charge on any atom is 0.326 e. The van der Waals surface area contributed by atoms with Gasteiger partial charge in [0.1, 0.15) is 17.9 Å². The number of hydrogen-bond donors (Lipinski definition) is 2. The lowest BCUT2D eigenvalue weighted by molar-refractivity contribution is -0.140. The summed E-state index contributed by atoms with van der Waals surface area (Å²) in [6, 6.07) is 4.50. The van der Waals surface area contributed by atoms with Crippen LogP contribution in [0, 0.1) is 5.92 Å². The molecular formula is C16H21NO4. The fourth-order valence-electron chi connectivity index (χ4n) is 2.50. The average Bonchev–Trinajstić information content (AvgIpc) is 2.70. The van der Waals surface area contributed by atoms with Crippen LogP contribution in [-0.2, 0) is 4.79 Å². The van der Waals surface area contributed by atoms with Crippen LogP contribution in [-0.4, -0.2) is 29.1 Å². The highest BCUT2D eigenvalue weighted by atomic mass is 16.5. The van der Waals surface area contributed by atoms with Crippen molar-refractivity contribution < 1.29 is 19.4 Å². The number of fused-ring (bicyclic) bond motifs is 1. The minimum atomic E-state index is -1.03. The Morgan fingerprint density at radius 1 is 1.29 bits per heavy atom. The predicted molar refractivity (Wildman–Crippen MR) is 78.7 cm³/mol. The molecule has 0 spiro atoms. The molecule has 1 heterocycles. The highest BCUT2D eigenvalue weighted by Gasteiger charge is 2.32. The van der Waals surface area contributed by atoms with E-state index >= 15 is 0 Å². The number of benzene rings is 1. The summed E-state index contributed by atoms with van der Waals surface area (Å²) in [6.07, 6.45) is 0.00863. The van der Waals surface area contributed by atoms with Crippen molar-refractivity contribution in [2.24, 2.45) is 5.92 Å². The van der Waals surface area contributed by atoms with Crippen molar-refractivity contribution in [2.45, 2.75) is 45.8 Å². The first-order valence-corrected chi connectivity index (χ1v) is 7.16. The number of aliphatic carboxylic acids is 1. The molecular weight excluding hydrogens is 270 g/mol. The lowest BCUT2D eigenvalue weighted by atomic mass is 9.96. The van der Waals surface area contributed by atoms with Gasteiger partial charge in [-0.2, -0.15) is 0 Å². The minimum absolute atomic E-state index is 0.00863. The van der Waals surface area contributed by atoms with Crippen molar-refractivity contribution in [3.8, 4) is 5.75 Å². The summed E-state index contributed by atoms with van der Waals surface area (Å²) in [6.45, 7) is 7.52. The number of para-hydroxylation sites is 1. The highest BCUT2D eigenvalue weighted by Crippen LogP contribution is 2.40. The second kappa shape index (κ2) is 5.76. The Hall–Kier alpha value is -2.04. The van der Waals surface area contributed by atoms with Gasteiger partial charge in [-0.05, 0) is 18.9 Å². The van der Waals surface area contributed by atoms with Crippen LogP contribution in [0.25, 0.3) is 0 Å². The third-order valence-electron chi connectivity index (χ3n) is 4.01. The molecule has 5 nitrogen and oxygen atoms in total. The van der Waals surface area contributed by atoms with Crippen molar-refractivity contribution in [3.05, 3.63) is 29.3 Å². The number of nitrogens with one attached hydrogen (secondary N) is 1. The average molecular weight is 291 g/mol. The van der Waals surface area contributed by atoms with E-state index in [0.717, 1.165) is 5.56 Å². The molecule has 2 N–H and O–H groups in total. The van der Waals surface area contributed by atoms with E-state index in [9.17, 15) is 14.7 Å². The predicted octanol–water partition coefficient (Wildman–Crippen LogP) is 2.41. The second-order valence-electron chi connectivity index (χ2n) is 5.87. The van der Waals surface area contributed by atoms with Crippen molar-refractivity contribution in [1.29, 1.82) is 0 Å². The molecule has 1 aliphatic heterocycles. The van der Waals surface area contributed by atoms with E-state index in [4.69, 9.17) is 4.74 Å². The smallest absolute Gasteiger partial charge is 0.326 e. The maximum absolute atomic E-state index is 12.4. The molecule has 0 saturated heterocycles. The van der Waals surface area contributed by atoms with Gasteiger partial charge >= 0.3 is 5.97 Å². The third-order valence-corrected chi connectivity index (χ3v) is 4.01. The minimum Gasteiger partial charge on any atom is -0.489 e. The van der Waals surface area contributed by atoms with Crippen molar-refractivity contribution in [1.82, 2.24) is 5.32 Å². The number of hydrogen-bond acceptors (Lipinski definition) is 3. The molecule has 114 valence electrons. The molecule has 5 heteroatoms. The molecule has 0 aromatic heterocycles. The standard InChI is InChI=1S/C16H21NO4/c1-8(2)13(16(19)20)17-15(18)12-7-5-6-11-9(3)10(4)21-14(11)12/h5-10,13H,1-4H3,(H,17,18)(H,19,20)/t9?,10?,13-/m0/s1. The Kier molecular flexibility index (Phi) is 4.21. The topological polar surface area (TPSA) is 75.6 Å². The summed E-state index contributed by atoms with van der Waals surface area (Å²) < 4.78 is 5.77. The summed E-state index contributed by atoms with van der Waals surface area (Å²) in [5.74, 6) is -0.846. The molecule has 21 heavy (non-hydrogen) atoms. The number of rotatable bonds is 4. The molecule has 1 aromatic rings. The van der Waals surface area contributed by atoms with Gasteiger partial charge in [-0.15, -0.1) is 0 Å². The molecule has 1 aromatic carbocycles. The maximum atomic E-state index is 12.4. The number of carbonyl (C=O) groups excluding carboxylic acids is 1. The molecule has 0 aliphatic carbocycles. The van der Waals surface area contributed by atoms with Crippen LogP contribution in [0.15, 0.2) is 18.2 Å². The molecule has 0 saturated carbocycles. The van der Waals surface area contributed by atoms with E-state index in [-0.39, 0.29) is 17.9 Å². The van der Waals surface area contributed by atoms with Crippen molar-refractivity contribution in [2.75, 3.05) is 0 Å². The molecule has 1 aliphatic rings.